The molecule has 0 aromatic heterocycles. The molecule has 0 amide bonds. The molecule has 0 aliphatic rings. The van der Waals surface area contributed by atoms with E-state index in [-0.39, 0.29) is 0 Å². The molecule has 0 unspecified atom stereocenters. The molecule has 0 fully saturated rings. The van der Waals surface area contributed by atoms with Gasteiger partial charge in [0.15, 0.2) is 0 Å². The van der Waals surface area contributed by atoms with Crippen LogP contribution < -0.4 is 0 Å². The molecule has 0 saturated carbocycles. The van der Waals surface area contributed by atoms with Crippen LogP contribution in [0.1, 0.15) is 20.3 Å². The van der Waals surface area contributed by atoms with Crippen molar-refractivity contribution in [3.8, 4) is 0 Å². The third-order valence-electron chi connectivity index (χ3n) is 0.906. The van der Waals surface area contributed by atoms with E-state index in [1.807, 2.05) is 6.08 Å². The highest BCUT2D eigenvalue weighted by Crippen LogP contribution is 2.01. The van der Waals surface area contributed by atoms with Crippen molar-refractivity contribution in [3.63, 3.8) is 0 Å². The van der Waals surface area contributed by atoms with Crippen LogP contribution >= 0.6 is 0 Å². The Morgan fingerprint density at radius 1 is 1.83 bits per heavy atom. The van der Waals surface area contributed by atoms with Gasteiger partial charge in [-0.15, -0.1) is 0 Å². The summed E-state index contributed by atoms with van der Waals surface area (Å²) < 4.78 is 0. The molecule has 34 valence electrons. The largest absolute Gasteiger partial charge is 0.0890 e. The summed E-state index contributed by atoms with van der Waals surface area (Å²) >= 11 is 0. The molecule has 0 nitrogen and oxygen atoms in total. The van der Waals surface area contributed by atoms with Crippen LogP contribution in [0.25, 0.3) is 0 Å². The van der Waals surface area contributed by atoms with Gasteiger partial charge in [-0.1, -0.05) is 0 Å². The lowest BCUT2D eigenvalue weighted by atomic mass is 10.1. The number of rotatable bonds is 2. The zero-order valence-corrected chi connectivity index (χ0v) is 4.49. The van der Waals surface area contributed by atoms with Gasteiger partial charge in [-0.2, -0.15) is 0 Å². The van der Waals surface area contributed by atoms with Crippen LogP contribution in [-0.4, -0.2) is 0 Å². The topological polar surface area (TPSA) is 0 Å². The third kappa shape index (κ3) is 1.89. The maximum absolute atomic E-state index is 3.59. The second kappa shape index (κ2) is 2.83. The monoisotopic (exact) mass is 83.1 g/mol. The highest BCUT2D eigenvalue weighted by Gasteiger charge is 1.93. The Kier molecular flexibility index (Phi) is 2.64. The summed E-state index contributed by atoms with van der Waals surface area (Å²) in [5, 5.41) is 0. The van der Waals surface area contributed by atoms with Crippen LogP contribution in [0.2, 0.25) is 0 Å². The molecule has 0 saturated heterocycles. The summed E-state index contributed by atoms with van der Waals surface area (Å²) in [5.41, 5.74) is 0. The maximum Gasteiger partial charge on any atom is 0.0890 e. The first-order valence-electron chi connectivity index (χ1n) is 2.26. The van der Waals surface area contributed by atoms with Crippen LogP contribution in [0.4, 0.5) is 0 Å². The summed E-state index contributed by atoms with van der Waals surface area (Å²) in [5.74, 6) is 1.36. The van der Waals surface area contributed by atoms with E-state index in [0.717, 1.165) is 6.42 Å². The molecule has 0 N–H and O–H groups in total. The van der Waals surface area contributed by atoms with Crippen molar-refractivity contribution in [1.82, 2.24) is 0 Å². The van der Waals surface area contributed by atoms with Gasteiger partial charge < -0.3 is 0 Å². The van der Waals surface area contributed by atoms with Gasteiger partial charge in [-0.25, -0.2) is 0 Å². The Hall–Kier alpha value is -0.390. The molecule has 0 heteroatoms. The summed E-state index contributed by atoms with van der Waals surface area (Å²) in [7, 11) is 0. The molecule has 0 bridgehead atoms. The molecule has 6 heavy (non-hydrogen) atoms. The lowest BCUT2D eigenvalue weighted by molar-refractivity contribution is 0.988. The van der Waals surface area contributed by atoms with Crippen molar-refractivity contribution in [2.45, 2.75) is 20.3 Å². The Labute approximate surface area is 39.9 Å². The summed E-state index contributed by atoms with van der Waals surface area (Å²) in [4.78, 5) is 0. The molecule has 0 atom stereocenters. The molecule has 0 rings (SSSR count). The van der Waals surface area contributed by atoms with Crippen LogP contribution in [0.15, 0.2) is 12.7 Å². The number of hydrogen-bond donors (Lipinski definition) is 0. The average Bonchev–Trinajstić information content (AvgIpc) is 1.65. The van der Waals surface area contributed by atoms with E-state index >= 15 is 0 Å². The fraction of sp³-hybridized carbons (Fsp3) is 0.500. The highest BCUT2D eigenvalue weighted by atomic mass is 13.9. The van der Waals surface area contributed by atoms with E-state index in [9.17, 15) is 0 Å². The highest BCUT2D eigenvalue weighted by molar-refractivity contribution is 5.00. The molecular formula is C6H11+. The number of allylic oxidation sites excluding steroid dienone is 1. The fourth-order valence-corrected chi connectivity index (χ4v) is 0.144. The molecule has 0 heterocycles. The molecule has 0 aliphatic carbocycles. The molecule has 0 aliphatic heterocycles. The lowest BCUT2D eigenvalue weighted by Gasteiger charge is -1.84. The minimum Gasteiger partial charge on any atom is -0.0437 e. The van der Waals surface area contributed by atoms with Gasteiger partial charge in [0.05, 0.1) is 12.0 Å². The van der Waals surface area contributed by atoms with Crippen LogP contribution in [-0.2, 0) is 0 Å². The molecular weight excluding hydrogens is 72.1 g/mol. The first-order valence-corrected chi connectivity index (χ1v) is 2.26. The summed E-state index contributed by atoms with van der Waals surface area (Å²) in [6.45, 7) is 7.79. The second-order valence-electron chi connectivity index (χ2n) is 1.40. The zero-order chi connectivity index (χ0) is 4.99. The van der Waals surface area contributed by atoms with Gasteiger partial charge in [0.2, 0.25) is 0 Å². The van der Waals surface area contributed by atoms with Crippen molar-refractivity contribution in [2.75, 3.05) is 0 Å². The Morgan fingerprint density at radius 3 is 2.33 bits per heavy atom. The normalized spacial score (nSPS) is 7.67. The zero-order valence-electron chi connectivity index (χ0n) is 4.49. The lowest BCUT2D eigenvalue weighted by Crippen LogP contribution is -1.76. The number of hydrogen-bond acceptors (Lipinski definition) is 0. The average molecular weight is 83.2 g/mol. The predicted molar refractivity (Wildman–Crippen MR) is 29.4 cm³/mol. The van der Waals surface area contributed by atoms with Gasteiger partial charge in [-0.3, -0.25) is 0 Å². The van der Waals surface area contributed by atoms with Crippen molar-refractivity contribution in [2.24, 2.45) is 0 Å². The van der Waals surface area contributed by atoms with Gasteiger partial charge >= 0.3 is 0 Å². The van der Waals surface area contributed by atoms with Crippen molar-refractivity contribution < 1.29 is 0 Å². The smallest absolute Gasteiger partial charge is 0.0437 e. The molecule has 0 radical (unpaired) electrons. The quantitative estimate of drug-likeness (QED) is 0.449. The minimum atomic E-state index is 1.13. The maximum atomic E-state index is 3.59. The van der Waals surface area contributed by atoms with Crippen molar-refractivity contribution >= 4 is 0 Å². The second-order valence-corrected chi connectivity index (χ2v) is 1.40. The van der Waals surface area contributed by atoms with Crippen LogP contribution in [0.5, 0.6) is 0 Å². The van der Waals surface area contributed by atoms with E-state index in [0.29, 0.717) is 0 Å². The van der Waals surface area contributed by atoms with E-state index in [2.05, 4.69) is 20.4 Å². The Morgan fingerprint density at radius 2 is 2.33 bits per heavy atom. The Balaban J connectivity index is 2.96. The van der Waals surface area contributed by atoms with Crippen LogP contribution in [0, 0.1) is 5.92 Å². The van der Waals surface area contributed by atoms with Gasteiger partial charge in [0.1, 0.15) is 0 Å². The van der Waals surface area contributed by atoms with Gasteiger partial charge in [0.25, 0.3) is 0 Å². The molecule has 0 aromatic carbocycles. The molecule has 0 aromatic rings. The first-order chi connectivity index (χ1) is 2.81. The Bertz CT molecular complexity index is 37.3. The third-order valence-corrected chi connectivity index (χ3v) is 0.906. The van der Waals surface area contributed by atoms with E-state index in [4.69, 9.17) is 0 Å². The molecule has 0 spiro atoms. The summed E-state index contributed by atoms with van der Waals surface area (Å²) in [6, 6.07) is 0. The minimum absolute atomic E-state index is 1.13. The SMILES string of the molecule is C=C[C+](C)CC. The van der Waals surface area contributed by atoms with E-state index < -0.39 is 0 Å². The van der Waals surface area contributed by atoms with Crippen molar-refractivity contribution in [3.05, 3.63) is 18.6 Å². The van der Waals surface area contributed by atoms with Gasteiger partial charge in [0, 0.05) is 19.9 Å². The predicted octanol–water partition coefficient (Wildman–Crippen LogP) is 2.18. The first kappa shape index (κ1) is 5.61. The summed E-state index contributed by atoms with van der Waals surface area (Å²) in [6.07, 6.45) is 3.02. The van der Waals surface area contributed by atoms with Crippen molar-refractivity contribution in [1.29, 1.82) is 0 Å². The van der Waals surface area contributed by atoms with E-state index in [1.54, 1.807) is 0 Å². The van der Waals surface area contributed by atoms with E-state index in [1.165, 1.54) is 5.92 Å². The fourth-order valence-electron chi connectivity index (χ4n) is 0.144. The van der Waals surface area contributed by atoms with Gasteiger partial charge in [-0.05, 0) is 6.92 Å². The standard InChI is InChI=1S/C6H11/c1-4-6(3)5-2/h4H,1,5H2,2-3H3/q+1. The van der Waals surface area contributed by atoms with Crippen LogP contribution in [0.3, 0.4) is 0 Å².